The highest BCUT2D eigenvalue weighted by atomic mass is 16.2. The molecule has 1 aliphatic heterocycles. The molecule has 0 bridgehead atoms. The second-order valence-corrected chi connectivity index (χ2v) is 12.9. The zero-order chi connectivity index (χ0) is 28.9. The van der Waals surface area contributed by atoms with E-state index in [4.69, 9.17) is 4.98 Å². The molecule has 2 aromatic heterocycles. The third-order valence-electron chi connectivity index (χ3n) is 8.72. The maximum atomic E-state index is 13.9. The highest BCUT2D eigenvalue weighted by Crippen LogP contribution is 2.31. The highest BCUT2D eigenvalue weighted by molar-refractivity contribution is 5.98. The van der Waals surface area contributed by atoms with Crippen molar-refractivity contribution in [1.29, 1.82) is 0 Å². The molecule has 1 fully saturated rings. The zero-order valence-electron chi connectivity index (χ0n) is 25.9. The zero-order valence-corrected chi connectivity index (χ0v) is 25.9. The van der Waals surface area contributed by atoms with Gasteiger partial charge in [-0.05, 0) is 93.9 Å². The van der Waals surface area contributed by atoms with Crippen LogP contribution in [0.4, 0.5) is 0 Å². The molecule has 220 valence electrons. The largest absolute Gasteiger partial charge is 0.341 e. The molecule has 4 aromatic rings. The summed E-state index contributed by atoms with van der Waals surface area (Å²) < 4.78 is 4.63. The molecule has 0 N–H and O–H groups in total. The van der Waals surface area contributed by atoms with Crippen LogP contribution in [0, 0.1) is 11.8 Å². The molecule has 5 rings (SSSR count). The van der Waals surface area contributed by atoms with E-state index in [1.165, 1.54) is 43.3 Å². The highest BCUT2D eigenvalue weighted by Gasteiger charge is 2.21. The molecule has 1 amide bonds. The first-order chi connectivity index (χ1) is 19.8. The van der Waals surface area contributed by atoms with Crippen LogP contribution >= 0.6 is 0 Å². The van der Waals surface area contributed by atoms with E-state index >= 15 is 0 Å². The minimum Gasteiger partial charge on any atom is -0.341 e. The van der Waals surface area contributed by atoms with Gasteiger partial charge in [-0.3, -0.25) is 4.79 Å². The monoisotopic (exact) mass is 555 g/mol. The van der Waals surface area contributed by atoms with Crippen LogP contribution in [0.2, 0.25) is 0 Å². The number of hydrogen-bond acceptors (Lipinski definition) is 3. The number of rotatable bonds is 12. The Kier molecular flexibility index (Phi) is 9.49. The predicted octanol–water partition coefficient (Wildman–Crippen LogP) is 7.61. The third-order valence-corrected chi connectivity index (χ3v) is 8.72. The van der Waals surface area contributed by atoms with Gasteiger partial charge in [-0.2, -0.15) is 0 Å². The predicted molar refractivity (Wildman–Crippen MR) is 171 cm³/mol. The van der Waals surface area contributed by atoms with E-state index in [-0.39, 0.29) is 5.91 Å². The van der Waals surface area contributed by atoms with E-state index in [2.05, 4.69) is 96.1 Å². The van der Waals surface area contributed by atoms with Gasteiger partial charge in [-0.25, -0.2) is 4.98 Å². The number of piperidine rings is 1. The second-order valence-electron chi connectivity index (χ2n) is 12.9. The normalized spacial score (nSPS) is 14.6. The number of carbonyl (C=O) groups excluding carboxylic acids is 1. The van der Waals surface area contributed by atoms with Gasteiger partial charge in [0.05, 0.1) is 16.7 Å². The molecule has 6 heteroatoms. The molecular formula is C35H49N5O. The maximum absolute atomic E-state index is 13.9. The Morgan fingerprint density at radius 3 is 2.27 bits per heavy atom. The van der Waals surface area contributed by atoms with Crippen LogP contribution in [0.15, 0.2) is 48.5 Å². The molecule has 6 nitrogen and oxygen atoms in total. The van der Waals surface area contributed by atoms with Gasteiger partial charge in [0, 0.05) is 43.1 Å². The molecular weight excluding hydrogens is 506 g/mol. The number of likely N-dealkylation sites (tertiary alicyclic amines) is 1. The van der Waals surface area contributed by atoms with E-state index in [0.29, 0.717) is 11.8 Å². The van der Waals surface area contributed by atoms with Gasteiger partial charge in [0.25, 0.3) is 5.91 Å². The van der Waals surface area contributed by atoms with Gasteiger partial charge in [-0.1, -0.05) is 52.3 Å². The van der Waals surface area contributed by atoms with Crippen molar-refractivity contribution in [2.75, 3.05) is 32.7 Å². The first kappa shape index (κ1) is 29.4. The van der Waals surface area contributed by atoms with Gasteiger partial charge in [0.15, 0.2) is 5.82 Å². The lowest BCUT2D eigenvalue weighted by Gasteiger charge is -2.26. The lowest BCUT2D eigenvalue weighted by Crippen LogP contribution is -2.34. The van der Waals surface area contributed by atoms with Gasteiger partial charge in [-0.15, -0.1) is 0 Å². The number of amides is 1. The molecule has 0 radical (unpaired) electrons. The van der Waals surface area contributed by atoms with Crippen LogP contribution < -0.4 is 0 Å². The van der Waals surface area contributed by atoms with Crippen molar-refractivity contribution >= 4 is 27.8 Å². The summed E-state index contributed by atoms with van der Waals surface area (Å²) in [6.07, 6.45) is 7.08. The topological polar surface area (TPSA) is 46.3 Å². The lowest BCUT2D eigenvalue weighted by molar-refractivity contribution is 0.0741. The minimum atomic E-state index is 0.139. The summed E-state index contributed by atoms with van der Waals surface area (Å²) in [6.45, 7) is 14.9. The number of imidazole rings is 1. The standard InChI is InChI=1S/C35H49N5O/c1-26(2)16-22-39(23-17-27(3)4)35(41)29-14-15-30-32(25-29)40(21-11-20-38-18-9-6-10-19-38)34(36-30)33-24-28-12-7-8-13-31(28)37(33)5/h7-8,12-15,24-27H,6,9-11,16-23H2,1-5H3. The van der Waals surface area contributed by atoms with Crippen molar-refractivity contribution in [3.63, 3.8) is 0 Å². The second kappa shape index (κ2) is 13.2. The number of nitrogens with zero attached hydrogens (tertiary/aromatic N) is 5. The smallest absolute Gasteiger partial charge is 0.253 e. The Bertz CT molecular complexity index is 1440. The summed E-state index contributed by atoms with van der Waals surface area (Å²) in [4.78, 5) is 23.7. The van der Waals surface area contributed by atoms with Crippen molar-refractivity contribution in [2.45, 2.75) is 72.8 Å². The van der Waals surface area contributed by atoms with Crippen molar-refractivity contribution in [3.05, 3.63) is 54.1 Å². The summed E-state index contributed by atoms with van der Waals surface area (Å²) in [7, 11) is 2.13. The van der Waals surface area contributed by atoms with Gasteiger partial charge in [0.1, 0.15) is 0 Å². The number of aromatic nitrogens is 3. The summed E-state index contributed by atoms with van der Waals surface area (Å²) in [6, 6.07) is 16.9. The molecule has 3 heterocycles. The van der Waals surface area contributed by atoms with Crippen LogP contribution in [-0.2, 0) is 13.6 Å². The molecule has 2 aromatic carbocycles. The van der Waals surface area contributed by atoms with E-state index in [1.807, 2.05) is 6.07 Å². The van der Waals surface area contributed by atoms with Crippen LogP contribution in [0.5, 0.6) is 0 Å². The first-order valence-corrected chi connectivity index (χ1v) is 15.9. The molecule has 0 unspecified atom stereocenters. The summed E-state index contributed by atoms with van der Waals surface area (Å²) in [5.74, 6) is 2.26. The number of para-hydroxylation sites is 1. The van der Waals surface area contributed by atoms with E-state index in [1.54, 1.807) is 0 Å². The van der Waals surface area contributed by atoms with E-state index < -0.39 is 0 Å². The van der Waals surface area contributed by atoms with Crippen LogP contribution in [-0.4, -0.2) is 62.5 Å². The van der Waals surface area contributed by atoms with Crippen molar-refractivity contribution < 1.29 is 4.79 Å². The molecule has 0 aliphatic carbocycles. The Morgan fingerprint density at radius 2 is 1.59 bits per heavy atom. The fourth-order valence-electron chi connectivity index (χ4n) is 6.14. The van der Waals surface area contributed by atoms with Crippen molar-refractivity contribution in [1.82, 2.24) is 23.9 Å². The summed E-state index contributed by atoms with van der Waals surface area (Å²) >= 11 is 0. The van der Waals surface area contributed by atoms with Crippen LogP contribution in [0.1, 0.15) is 76.6 Å². The number of carbonyl (C=O) groups is 1. The SMILES string of the molecule is CC(C)CCN(CCC(C)C)C(=O)c1ccc2nc(-c3cc4ccccc4n3C)n(CCCN3CCCCC3)c2c1. The average molecular weight is 556 g/mol. The summed E-state index contributed by atoms with van der Waals surface area (Å²) in [5.41, 5.74) is 5.10. The molecule has 1 aliphatic rings. The number of fused-ring (bicyclic) bond motifs is 2. The maximum Gasteiger partial charge on any atom is 0.253 e. The van der Waals surface area contributed by atoms with Crippen LogP contribution in [0.3, 0.4) is 0 Å². The van der Waals surface area contributed by atoms with Crippen LogP contribution in [0.25, 0.3) is 33.5 Å². The van der Waals surface area contributed by atoms with E-state index in [9.17, 15) is 4.79 Å². The molecule has 0 atom stereocenters. The first-order valence-electron chi connectivity index (χ1n) is 15.9. The molecule has 0 saturated carbocycles. The Hall–Kier alpha value is -3.12. The minimum absolute atomic E-state index is 0.139. The Labute approximate surface area is 246 Å². The molecule has 1 saturated heterocycles. The van der Waals surface area contributed by atoms with Crippen molar-refractivity contribution in [3.8, 4) is 11.5 Å². The lowest BCUT2D eigenvalue weighted by atomic mass is 10.1. The van der Waals surface area contributed by atoms with Gasteiger partial charge < -0.3 is 18.9 Å². The number of benzene rings is 2. The Balaban J connectivity index is 1.50. The van der Waals surface area contributed by atoms with E-state index in [0.717, 1.165) is 73.6 Å². The van der Waals surface area contributed by atoms with Gasteiger partial charge in [0.2, 0.25) is 0 Å². The number of hydrogen-bond donors (Lipinski definition) is 0. The molecule has 41 heavy (non-hydrogen) atoms. The Morgan fingerprint density at radius 1 is 0.878 bits per heavy atom. The molecule has 0 spiro atoms. The quantitative estimate of drug-likeness (QED) is 0.181. The van der Waals surface area contributed by atoms with Gasteiger partial charge >= 0.3 is 0 Å². The summed E-state index contributed by atoms with van der Waals surface area (Å²) in [5, 5.41) is 1.22. The third kappa shape index (κ3) is 6.86. The fourth-order valence-corrected chi connectivity index (χ4v) is 6.14. The average Bonchev–Trinajstić information content (AvgIpc) is 3.50. The number of aryl methyl sites for hydroxylation is 2. The fraction of sp³-hybridized carbons (Fsp3) is 0.543. The van der Waals surface area contributed by atoms with Crippen molar-refractivity contribution in [2.24, 2.45) is 18.9 Å².